The number of piperidine rings is 1. The van der Waals surface area contributed by atoms with Crippen molar-refractivity contribution in [2.75, 3.05) is 13.1 Å². The molecule has 1 saturated heterocycles. The van der Waals surface area contributed by atoms with Gasteiger partial charge in [0.05, 0.1) is 5.84 Å². The van der Waals surface area contributed by atoms with Crippen molar-refractivity contribution in [1.29, 1.82) is 5.41 Å². The fourth-order valence-electron chi connectivity index (χ4n) is 2.36. The summed E-state index contributed by atoms with van der Waals surface area (Å²) >= 11 is 0. The van der Waals surface area contributed by atoms with Crippen molar-refractivity contribution < 1.29 is 8.78 Å². The molecule has 1 fully saturated rings. The van der Waals surface area contributed by atoms with E-state index in [0.717, 1.165) is 19.4 Å². The van der Waals surface area contributed by atoms with E-state index in [-0.39, 0.29) is 23.9 Å². The maximum absolute atomic E-state index is 13.5. The monoisotopic (exact) mass is 253 g/mol. The predicted molar refractivity (Wildman–Crippen MR) is 66.3 cm³/mol. The normalized spacial score (nSPS) is 20.9. The van der Waals surface area contributed by atoms with Crippen LogP contribution < -0.4 is 5.73 Å². The molecule has 5 heteroatoms. The van der Waals surface area contributed by atoms with Crippen LogP contribution in [0.4, 0.5) is 8.78 Å². The molecular weight excluding hydrogens is 236 g/mol. The minimum Gasteiger partial charge on any atom is -0.387 e. The van der Waals surface area contributed by atoms with Crippen LogP contribution in [0.1, 0.15) is 18.4 Å². The highest BCUT2D eigenvalue weighted by Crippen LogP contribution is 2.20. The van der Waals surface area contributed by atoms with Gasteiger partial charge in [-0.3, -0.25) is 10.3 Å². The number of halogens is 2. The van der Waals surface area contributed by atoms with Gasteiger partial charge in [0, 0.05) is 24.6 Å². The molecule has 0 radical (unpaired) electrons. The van der Waals surface area contributed by atoms with Gasteiger partial charge in [-0.2, -0.15) is 0 Å². The highest BCUT2D eigenvalue weighted by molar-refractivity contribution is 5.79. The van der Waals surface area contributed by atoms with Crippen LogP contribution in [0, 0.1) is 23.0 Å². The Labute approximate surface area is 105 Å². The summed E-state index contributed by atoms with van der Waals surface area (Å²) in [6.45, 7) is 1.63. The van der Waals surface area contributed by atoms with Gasteiger partial charge in [0.1, 0.15) is 11.6 Å². The highest BCUT2D eigenvalue weighted by atomic mass is 19.1. The third-order valence-corrected chi connectivity index (χ3v) is 3.39. The van der Waals surface area contributed by atoms with Crippen LogP contribution in [-0.2, 0) is 6.54 Å². The first-order valence-electron chi connectivity index (χ1n) is 6.07. The highest BCUT2D eigenvalue weighted by Gasteiger charge is 2.23. The lowest BCUT2D eigenvalue weighted by Crippen LogP contribution is -2.40. The molecule has 3 N–H and O–H groups in total. The molecule has 0 aliphatic carbocycles. The minimum absolute atomic E-state index is 0.00795. The number of amidine groups is 1. The molecule has 0 bridgehead atoms. The molecule has 0 amide bonds. The van der Waals surface area contributed by atoms with E-state index in [4.69, 9.17) is 11.1 Å². The molecule has 1 aliphatic heterocycles. The van der Waals surface area contributed by atoms with E-state index in [1.54, 1.807) is 0 Å². The molecule has 1 aliphatic rings. The third kappa shape index (κ3) is 2.85. The van der Waals surface area contributed by atoms with Crippen LogP contribution in [-0.4, -0.2) is 23.8 Å². The van der Waals surface area contributed by atoms with E-state index >= 15 is 0 Å². The Hall–Kier alpha value is -1.49. The first kappa shape index (κ1) is 13.0. The summed E-state index contributed by atoms with van der Waals surface area (Å²) in [7, 11) is 0. The lowest BCUT2D eigenvalue weighted by atomic mass is 9.96. The Kier molecular flexibility index (Phi) is 3.91. The summed E-state index contributed by atoms with van der Waals surface area (Å²) in [5.74, 6) is -0.859. The Morgan fingerprint density at radius 3 is 2.67 bits per heavy atom. The van der Waals surface area contributed by atoms with Gasteiger partial charge in [-0.15, -0.1) is 0 Å². The van der Waals surface area contributed by atoms with E-state index in [1.165, 1.54) is 18.2 Å². The van der Waals surface area contributed by atoms with Crippen molar-refractivity contribution >= 4 is 5.84 Å². The van der Waals surface area contributed by atoms with Gasteiger partial charge in [-0.25, -0.2) is 8.78 Å². The predicted octanol–water partition coefficient (Wildman–Crippen LogP) is 2.11. The summed E-state index contributed by atoms with van der Waals surface area (Å²) < 4.78 is 27.1. The average Bonchev–Trinajstić information content (AvgIpc) is 2.34. The number of likely N-dealkylation sites (tertiary alicyclic amines) is 1. The molecule has 3 nitrogen and oxygen atoms in total. The molecule has 18 heavy (non-hydrogen) atoms. The fourth-order valence-corrected chi connectivity index (χ4v) is 2.36. The first-order valence-corrected chi connectivity index (χ1v) is 6.07. The van der Waals surface area contributed by atoms with Crippen molar-refractivity contribution in [1.82, 2.24) is 4.90 Å². The van der Waals surface area contributed by atoms with Crippen LogP contribution in [0.5, 0.6) is 0 Å². The second-order valence-electron chi connectivity index (χ2n) is 4.73. The Bertz CT molecular complexity index is 428. The average molecular weight is 253 g/mol. The minimum atomic E-state index is -0.514. The van der Waals surface area contributed by atoms with Gasteiger partial charge in [0.2, 0.25) is 0 Å². The lowest BCUT2D eigenvalue weighted by Gasteiger charge is -2.32. The van der Waals surface area contributed by atoms with E-state index in [9.17, 15) is 8.78 Å². The standard InChI is InChI=1S/C13H17F2N3/c14-11-4-1-5-12(15)10(11)8-18-6-2-3-9(7-18)13(16)17/h1,4-5,9H,2-3,6-8H2,(H3,16,17). The zero-order valence-electron chi connectivity index (χ0n) is 10.1. The van der Waals surface area contributed by atoms with Crippen LogP contribution >= 0.6 is 0 Å². The fraction of sp³-hybridized carbons (Fsp3) is 0.462. The number of nitrogens with two attached hydrogens (primary N) is 1. The molecule has 0 saturated carbocycles. The molecular formula is C13H17F2N3. The van der Waals surface area contributed by atoms with Crippen molar-refractivity contribution in [3.8, 4) is 0 Å². The van der Waals surface area contributed by atoms with E-state index in [1.807, 2.05) is 4.90 Å². The summed E-state index contributed by atoms with van der Waals surface area (Å²) in [6.07, 6.45) is 1.78. The first-order chi connectivity index (χ1) is 8.58. The van der Waals surface area contributed by atoms with Gasteiger partial charge in [-0.1, -0.05) is 6.07 Å². The van der Waals surface area contributed by atoms with E-state index < -0.39 is 11.6 Å². The zero-order chi connectivity index (χ0) is 13.1. The summed E-state index contributed by atoms with van der Waals surface area (Å²) in [5.41, 5.74) is 5.59. The smallest absolute Gasteiger partial charge is 0.130 e. The number of nitrogens with one attached hydrogen (secondary N) is 1. The van der Waals surface area contributed by atoms with Crippen molar-refractivity contribution in [3.05, 3.63) is 35.4 Å². The van der Waals surface area contributed by atoms with Gasteiger partial charge in [0.25, 0.3) is 0 Å². The SMILES string of the molecule is N=C(N)C1CCCN(Cc2c(F)cccc2F)C1. The number of benzene rings is 1. The van der Waals surface area contributed by atoms with Gasteiger partial charge in [0.15, 0.2) is 0 Å². The largest absolute Gasteiger partial charge is 0.387 e. The Morgan fingerprint density at radius 2 is 2.06 bits per heavy atom. The Morgan fingerprint density at radius 1 is 1.39 bits per heavy atom. The number of hydrogen-bond acceptors (Lipinski definition) is 2. The van der Waals surface area contributed by atoms with Crippen molar-refractivity contribution in [2.45, 2.75) is 19.4 Å². The van der Waals surface area contributed by atoms with Crippen molar-refractivity contribution in [2.24, 2.45) is 11.7 Å². The van der Waals surface area contributed by atoms with Gasteiger partial charge >= 0.3 is 0 Å². The van der Waals surface area contributed by atoms with E-state index in [0.29, 0.717) is 6.54 Å². The van der Waals surface area contributed by atoms with E-state index in [2.05, 4.69) is 0 Å². The quantitative estimate of drug-likeness (QED) is 0.640. The number of nitrogens with zero attached hydrogens (tertiary/aromatic N) is 1. The van der Waals surface area contributed by atoms with Crippen molar-refractivity contribution in [3.63, 3.8) is 0 Å². The summed E-state index contributed by atoms with van der Waals surface area (Å²) in [6, 6.07) is 3.90. The topological polar surface area (TPSA) is 53.1 Å². The number of hydrogen-bond donors (Lipinski definition) is 2. The molecule has 98 valence electrons. The maximum atomic E-state index is 13.5. The molecule has 1 atom stereocenters. The summed E-state index contributed by atoms with van der Waals surface area (Å²) in [5, 5.41) is 7.45. The molecule has 2 rings (SSSR count). The second-order valence-corrected chi connectivity index (χ2v) is 4.73. The van der Waals surface area contributed by atoms with Gasteiger partial charge in [-0.05, 0) is 31.5 Å². The second kappa shape index (κ2) is 5.44. The molecule has 1 heterocycles. The summed E-state index contributed by atoms with van der Waals surface area (Å²) in [4.78, 5) is 1.96. The van der Waals surface area contributed by atoms with Gasteiger partial charge < -0.3 is 5.73 Å². The van der Waals surface area contributed by atoms with Crippen LogP contribution in [0.2, 0.25) is 0 Å². The number of rotatable bonds is 3. The third-order valence-electron chi connectivity index (χ3n) is 3.39. The van der Waals surface area contributed by atoms with Crippen LogP contribution in [0.3, 0.4) is 0 Å². The molecule has 0 aromatic heterocycles. The molecule has 1 aromatic carbocycles. The lowest BCUT2D eigenvalue weighted by molar-refractivity contribution is 0.191. The molecule has 1 unspecified atom stereocenters. The molecule has 1 aromatic rings. The van der Waals surface area contributed by atoms with Crippen LogP contribution in [0.25, 0.3) is 0 Å². The Balaban J connectivity index is 2.07. The van der Waals surface area contributed by atoms with Crippen LogP contribution in [0.15, 0.2) is 18.2 Å². The maximum Gasteiger partial charge on any atom is 0.130 e. The zero-order valence-corrected chi connectivity index (χ0v) is 10.1. The molecule has 0 spiro atoms.